The summed E-state index contributed by atoms with van der Waals surface area (Å²) in [5.41, 5.74) is 1.68. The van der Waals surface area contributed by atoms with E-state index in [0.29, 0.717) is 17.3 Å². The Bertz CT molecular complexity index is 1180. The van der Waals surface area contributed by atoms with Crippen LogP contribution in [0.15, 0.2) is 58.1 Å². The summed E-state index contributed by atoms with van der Waals surface area (Å²) >= 11 is 0. The molecule has 8 nitrogen and oxygen atoms in total. The van der Waals surface area contributed by atoms with E-state index in [2.05, 4.69) is 24.3 Å². The lowest BCUT2D eigenvalue weighted by atomic mass is 10.0. The number of aromatic nitrogens is 3. The highest BCUT2D eigenvalue weighted by atomic mass is 16.5. The standard InChI is InChI=1S/C22H24N4O4/c1-14(2)17-10-8-16(9-11-17)13-25-21(28)20(30-4)24-26(22(25)29)19-7-5-6-18(12-19)23-15(3)27/h5-12,14H,13H2,1-4H3,(H,23,27). The fourth-order valence-corrected chi connectivity index (χ4v) is 3.04. The molecule has 0 saturated carbocycles. The molecule has 1 aromatic heterocycles. The monoisotopic (exact) mass is 408 g/mol. The zero-order valence-electron chi connectivity index (χ0n) is 17.4. The van der Waals surface area contributed by atoms with Crippen LogP contribution in [0.5, 0.6) is 5.88 Å². The van der Waals surface area contributed by atoms with Crippen LogP contribution in [0.3, 0.4) is 0 Å². The van der Waals surface area contributed by atoms with Crippen LogP contribution in [-0.4, -0.2) is 27.4 Å². The molecule has 30 heavy (non-hydrogen) atoms. The third kappa shape index (κ3) is 4.48. The van der Waals surface area contributed by atoms with Gasteiger partial charge in [-0.25, -0.2) is 9.36 Å². The van der Waals surface area contributed by atoms with Crippen molar-refractivity contribution >= 4 is 11.6 Å². The first kappa shape index (κ1) is 21.0. The maximum absolute atomic E-state index is 13.1. The van der Waals surface area contributed by atoms with E-state index >= 15 is 0 Å². The number of hydrogen-bond donors (Lipinski definition) is 1. The number of carbonyl (C=O) groups is 1. The van der Waals surface area contributed by atoms with Crippen molar-refractivity contribution in [3.63, 3.8) is 0 Å². The van der Waals surface area contributed by atoms with Gasteiger partial charge in [0.1, 0.15) is 0 Å². The molecule has 1 heterocycles. The van der Waals surface area contributed by atoms with E-state index in [9.17, 15) is 14.4 Å². The fraction of sp³-hybridized carbons (Fsp3) is 0.273. The van der Waals surface area contributed by atoms with E-state index in [4.69, 9.17) is 4.74 Å². The van der Waals surface area contributed by atoms with Gasteiger partial charge in [0.15, 0.2) is 0 Å². The highest BCUT2D eigenvalue weighted by molar-refractivity contribution is 5.88. The molecule has 0 radical (unpaired) electrons. The number of hydrogen-bond acceptors (Lipinski definition) is 5. The van der Waals surface area contributed by atoms with Crippen molar-refractivity contribution in [2.75, 3.05) is 12.4 Å². The third-order valence-corrected chi connectivity index (χ3v) is 4.62. The number of methoxy groups -OCH3 is 1. The number of anilines is 1. The van der Waals surface area contributed by atoms with Gasteiger partial charge in [-0.1, -0.05) is 44.2 Å². The normalized spacial score (nSPS) is 10.8. The third-order valence-electron chi connectivity index (χ3n) is 4.62. The number of ether oxygens (including phenoxy) is 1. The quantitative estimate of drug-likeness (QED) is 0.676. The number of nitrogens with one attached hydrogen (secondary N) is 1. The molecule has 8 heteroatoms. The minimum atomic E-state index is -0.607. The molecule has 0 spiro atoms. The summed E-state index contributed by atoms with van der Waals surface area (Å²) in [5, 5.41) is 6.72. The van der Waals surface area contributed by atoms with E-state index < -0.39 is 11.2 Å². The van der Waals surface area contributed by atoms with Crippen LogP contribution in [0.4, 0.5) is 5.69 Å². The Morgan fingerprint density at radius 2 is 1.83 bits per heavy atom. The van der Waals surface area contributed by atoms with Crippen LogP contribution in [0, 0.1) is 0 Å². The molecule has 0 aliphatic carbocycles. The van der Waals surface area contributed by atoms with Crippen molar-refractivity contribution in [3.05, 3.63) is 80.5 Å². The Morgan fingerprint density at radius 1 is 1.13 bits per heavy atom. The van der Waals surface area contributed by atoms with E-state index in [1.165, 1.54) is 19.6 Å². The summed E-state index contributed by atoms with van der Waals surface area (Å²) in [6, 6.07) is 14.4. The lowest BCUT2D eigenvalue weighted by Crippen LogP contribution is -2.41. The topological polar surface area (TPSA) is 95.2 Å². The van der Waals surface area contributed by atoms with Crippen LogP contribution in [0.2, 0.25) is 0 Å². The molecular weight excluding hydrogens is 384 g/mol. The molecule has 3 aromatic rings. The number of nitrogens with zero attached hydrogens (tertiary/aromatic N) is 3. The number of amides is 1. The van der Waals surface area contributed by atoms with Crippen LogP contribution in [-0.2, 0) is 11.3 Å². The Balaban J connectivity index is 2.08. The average Bonchev–Trinajstić information content (AvgIpc) is 2.71. The van der Waals surface area contributed by atoms with Gasteiger partial charge in [-0.2, -0.15) is 4.68 Å². The van der Waals surface area contributed by atoms with Gasteiger partial charge in [-0.3, -0.25) is 9.59 Å². The maximum Gasteiger partial charge on any atom is 0.352 e. The van der Waals surface area contributed by atoms with Crippen molar-refractivity contribution in [3.8, 4) is 11.6 Å². The number of rotatable bonds is 6. The number of carbonyl (C=O) groups excluding carboxylic acids is 1. The molecule has 3 rings (SSSR count). The first-order valence-corrected chi connectivity index (χ1v) is 9.55. The van der Waals surface area contributed by atoms with Crippen molar-refractivity contribution in [1.82, 2.24) is 14.3 Å². The molecule has 0 bridgehead atoms. The summed E-state index contributed by atoms with van der Waals surface area (Å²) < 4.78 is 7.29. The molecule has 1 amide bonds. The van der Waals surface area contributed by atoms with Crippen LogP contribution >= 0.6 is 0 Å². The van der Waals surface area contributed by atoms with Crippen molar-refractivity contribution in [2.45, 2.75) is 33.2 Å². The second-order valence-corrected chi connectivity index (χ2v) is 7.22. The maximum atomic E-state index is 13.1. The van der Waals surface area contributed by atoms with Crippen LogP contribution < -0.4 is 21.3 Å². The Hall–Kier alpha value is -3.68. The Morgan fingerprint density at radius 3 is 2.43 bits per heavy atom. The summed E-state index contributed by atoms with van der Waals surface area (Å²) in [6.07, 6.45) is 0. The lowest BCUT2D eigenvalue weighted by molar-refractivity contribution is -0.114. The molecule has 156 valence electrons. The van der Waals surface area contributed by atoms with Gasteiger partial charge in [0.25, 0.3) is 5.88 Å². The zero-order valence-corrected chi connectivity index (χ0v) is 17.4. The van der Waals surface area contributed by atoms with Gasteiger partial charge >= 0.3 is 11.2 Å². The van der Waals surface area contributed by atoms with Crippen molar-refractivity contribution in [2.24, 2.45) is 0 Å². The molecular formula is C22H24N4O4. The molecule has 0 aliphatic rings. The largest absolute Gasteiger partial charge is 0.476 e. The Labute approximate surface area is 173 Å². The van der Waals surface area contributed by atoms with Crippen molar-refractivity contribution < 1.29 is 9.53 Å². The first-order chi connectivity index (χ1) is 14.3. The van der Waals surface area contributed by atoms with Crippen LogP contribution in [0.25, 0.3) is 5.69 Å². The van der Waals surface area contributed by atoms with E-state index in [-0.39, 0.29) is 18.3 Å². The summed E-state index contributed by atoms with van der Waals surface area (Å²) in [4.78, 5) is 37.1. The predicted molar refractivity (Wildman–Crippen MR) is 115 cm³/mol. The Kier molecular flexibility index (Phi) is 6.15. The minimum absolute atomic E-state index is 0.0836. The van der Waals surface area contributed by atoms with Crippen molar-refractivity contribution in [1.29, 1.82) is 0 Å². The molecule has 0 fully saturated rings. The molecule has 2 aromatic carbocycles. The van der Waals surface area contributed by atoms with Gasteiger partial charge in [-0.05, 0) is 35.2 Å². The van der Waals surface area contributed by atoms with E-state index in [0.717, 1.165) is 14.8 Å². The van der Waals surface area contributed by atoms with E-state index in [1.807, 2.05) is 24.3 Å². The second-order valence-electron chi connectivity index (χ2n) is 7.22. The summed E-state index contributed by atoms with van der Waals surface area (Å²) in [5.74, 6) is -0.0471. The molecule has 0 atom stereocenters. The van der Waals surface area contributed by atoms with Gasteiger partial charge in [0, 0.05) is 12.6 Å². The number of benzene rings is 2. The molecule has 0 saturated heterocycles. The molecule has 0 unspecified atom stereocenters. The van der Waals surface area contributed by atoms with Gasteiger partial charge in [0.05, 0.1) is 19.3 Å². The second kappa shape index (κ2) is 8.77. The highest BCUT2D eigenvalue weighted by Gasteiger charge is 2.16. The average molecular weight is 408 g/mol. The smallest absolute Gasteiger partial charge is 0.352 e. The van der Waals surface area contributed by atoms with E-state index in [1.54, 1.807) is 24.3 Å². The minimum Gasteiger partial charge on any atom is -0.476 e. The highest BCUT2D eigenvalue weighted by Crippen LogP contribution is 2.16. The summed E-state index contributed by atoms with van der Waals surface area (Å²) in [7, 11) is 1.33. The predicted octanol–water partition coefficient (Wildman–Crippen LogP) is 2.53. The first-order valence-electron chi connectivity index (χ1n) is 9.55. The molecule has 0 aliphatic heterocycles. The van der Waals surface area contributed by atoms with Gasteiger partial charge < -0.3 is 10.1 Å². The zero-order chi connectivity index (χ0) is 21.8. The van der Waals surface area contributed by atoms with Gasteiger partial charge in [0.2, 0.25) is 5.91 Å². The fourth-order valence-electron chi connectivity index (χ4n) is 3.04. The van der Waals surface area contributed by atoms with Gasteiger partial charge in [-0.15, -0.1) is 5.10 Å². The lowest BCUT2D eigenvalue weighted by Gasteiger charge is -2.13. The SMILES string of the molecule is COc1nn(-c2cccc(NC(C)=O)c2)c(=O)n(Cc2ccc(C(C)C)cc2)c1=O. The van der Waals surface area contributed by atoms with Crippen LogP contribution in [0.1, 0.15) is 37.8 Å². The summed E-state index contributed by atoms with van der Waals surface area (Å²) in [6.45, 7) is 5.67. The molecule has 1 N–H and O–H groups in total.